The first-order valence-corrected chi connectivity index (χ1v) is 27.9. The van der Waals surface area contributed by atoms with Gasteiger partial charge in [-0.15, -0.1) is 0 Å². The van der Waals surface area contributed by atoms with E-state index in [0.29, 0.717) is 0 Å². The first-order valence-electron chi connectivity index (χ1n) is 27.9. The first-order chi connectivity index (χ1) is 29.5. The Morgan fingerprint density at radius 3 is 0.410 bits per heavy atom. The van der Waals surface area contributed by atoms with Gasteiger partial charge >= 0.3 is 23.1 Å². The molecular formula is C56H110MgO4. The van der Waals surface area contributed by atoms with Gasteiger partial charge in [-0.2, -0.15) is 0 Å². The van der Waals surface area contributed by atoms with E-state index in [4.69, 9.17) is 0 Å². The molecule has 0 aliphatic heterocycles. The Balaban J connectivity index is -0.00000109. The molecule has 0 N–H and O–H groups in total. The predicted octanol–water partition coefficient (Wildman–Crippen LogP) is 17.4. The third kappa shape index (κ3) is 68.9. The van der Waals surface area contributed by atoms with Crippen LogP contribution >= 0.6 is 0 Å². The largest absolute Gasteiger partial charge is 2.00 e. The molecule has 0 aliphatic carbocycles. The Labute approximate surface area is 400 Å². The van der Waals surface area contributed by atoms with E-state index in [-0.39, 0.29) is 35.9 Å². The van der Waals surface area contributed by atoms with Crippen LogP contribution in [0.2, 0.25) is 0 Å². The molecule has 0 aromatic rings. The smallest absolute Gasteiger partial charge is 0.550 e. The molecule has 5 heteroatoms. The van der Waals surface area contributed by atoms with Gasteiger partial charge in [0.1, 0.15) is 0 Å². The molecule has 0 aliphatic rings. The van der Waals surface area contributed by atoms with E-state index in [9.17, 15) is 19.8 Å². The minimum atomic E-state index is -0.899. The van der Waals surface area contributed by atoms with Crippen molar-refractivity contribution in [3.05, 3.63) is 0 Å². The summed E-state index contributed by atoms with van der Waals surface area (Å²) in [5.74, 6) is -1.80. The molecule has 0 unspecified atom stereocenters. The van der Waals surface area contributed by atoms with E-state index in [2.05, 4.69) is 13.8 Å². The van der Waals surface area contributed by atoms with Crippen LogP contribution in [0.1, 0.15) is 348 Å². The van der Waals surface area contributed by atoms with Crippen LogP contribution < -0.4 is 10.2 Å². The van der Waals surface area contributed by atoms with Gasteiger partial charge in [-0.05, 0) is 25.7 Å². The van der Waals surface area contributed by atoms with Crippen LogP contribution in [0.4, 0.5) is 0 Å². The summed E-state index contributed by atoms with van der Waals surface area (Å²) in [7, 11) is 0. The van der Waals surface area contributed by atoms with Crippen molar-refractivity contribution in [1.29, 1.82) is 0 Å². The number of aliphatic carboxylic acids is 2. The number of hydrogen-bond acceptors (Lipinski definition) is 4. The van der Waals surface area contributed by atoms with Gasteiger partial charge in [0, 0.05) is 11.9 Å². The van der Waals surface area contributed by atoms with E-state index < -0.39 is 11.9 Å². The maximum absolute atomic E-state index is 10.3. The van der Waals surface area contributed by atoms with Crippen LogP contribution in [-0.4, -0.2) is 35.0 Å². The molecule has 0 saturated heterocycles. The molecule has 0 bridgehead atoms. The Morgan fingerprint density at radius 1 is 0.213 bits per heavy atom. The maximum atomic E-state index is 10.3. The van der Waals surface area contributed by atoms with Crippen molar-refractivity contribution >= 4 is 35.0 Å². The zero-order chi connectivity index (χ0) is 43.9. The standard InChI is InChI=1S/2C28H56O2.Mg/c2*1-2-3-4-5-6-7-8-9-10-11-12-13-14-15-16-17-18-19-20-21-22-23-24-25-26-27-28(29)30;/h2*2-27H2,1H3,(H,29,30);/q;;+2/p-2. The number of hydrogen-bond donors (Lipinski definition) is 0. The number of carboxylic acid groups (broad SMARTS) is 2. The molecule has 0 fully saturated rings. The summed E-state index contributed by atoms with van der Waals surface area (Å²) in [4.78, 5) is 20.6. The summed E-state index contributed by atoms with van der Waals surface area (Å²) < 4.78 is 0. The van der Waals surface area contributed by atoms with Gasteiger partial charge in [-0.25, -0.2) is 0 Å². The number of rotatable bonds is 52. The summed E-state index contributed by atoms with van der Waals surface area (Å²) in [5.41, 5.74) is 0. The summed E-state index contributed by atoms with van der Waals surface area (Å²) in [6.07, 6.45) is 69.3. The minimum Gasteiger partial charge on any atom is -0.550 e. The fourth-order valence-electron chi connectivity index (χ4n) is 8.82. The third-order valence-corrected chi connectivity index (χ3v) is 13.0. The zero-order valence-electron chi connectivity index (χ0n) is 42.1. The summed E-state index contributed by atoms with van der Waals surface area (Å²) in [5, 5.41) is 20.6. The Kier molecular flexibility index (Phi) is 65.8. The number of unbranched alkanes of at least 4 members (excludes halogenated alkanes) is 48. The van der Waals surface area contributed by atoms with Crippen LogP contribution in [0.5, 0.6) is 0 Å². The van der Waals surface area contributed by atoms with Crippen molar-refractivity contribution in [1.82, 2.24) is 0 Å². The minimum absolute atomic E-state index is 0. The Morgan fingerprint density at radius 2 is 0.311 bits per heavy atom. The average molecular weight is 872 g/mol. The molecule has 360 valence electrons. The molecule has 0 atom stereocenters. The quantitative estimate of drug-likeness (QED) is 0.0450. The van der Waals surface area contributed by atoms with E-state index in [1.54, 1.807) is 0 Å². The SMILES string of the molecule is CCCCCCCCCCCCCCCCCCCCCCCCCCCC(=O)[O-].CCCCCCCCCCCCCCCCCCCCCCCCCCCC(=O)[O-].[Mg+2]. The maximum Gasteiger partial charge on any atom is 2.00 e. The van der Waals surface area contributed by atoms with E-state index in [0.717, 1.165) is 25.7 Å². The van der Waals surface area contributed by atoms with Gasteiger partial charge in [-0.1, -0.05) is 322 Å². The Hall–Kier alpha value is -0.294. The van der Waals surface area contributed by atoms with Gasteiger partial charge in [-0.3, -0.25) is 0 Å². The van der Waals surface area contributed by atoms with E-state index in [1.165, 1.54) is 295 Å². The van der Waals surface area contributed by atoms with Crippen molar-refractivity contribution in [2.75, 3.05) is 0 Å². The van der Waals surface area contributed by atoms with Crippen LogP contribution in [0.15, 0.2) is 0 Å². The van der Waals surface area contributed by atoms with Gasteiger partial charge in [0.05, 0.1) is 0 Å². The molecule has 0 radical (unpaired) electrons. The van der Waals surface area contributed by atoms with Crippen molar-refractivity contribution < 1.29 is 19.8 Å². The number of carbonyl (C=O) groups excluding carboxylic acids is 2. The topological polar surface area (TPSA) is 80.3 Å². The van der Waals surface area contributed by atoms with Gasteiger partial charge < -0.3 is 19.8 Å². The van der Waals surface area contributed by atoms with E-state index >= 15 is 0 Å². The molecule has 0 amide bonds. The van der Waals surface area contributed by atoms with Crippen LogP contribution in [0.25, 0.3) is 0 Å². The fourth-order valence-corrected chi connectivity index (χ4v) is 8.82. The Bertz CT molecular complexity index is 725. The molecule has 0 aromatic heterocycles. The molecule has 0 aromatic carbocycles. The predicted molar refractivity (Wildman–Crippen MR) is 267 cm³/mol. The van der Waals surface area contributed by atoms with Crippen LogP contribution in [0, 0.1) is 0 Å². The summed E-state index contributed by atoms with van der Waals surface area (Å²) in [6, 6.07) is 0. The average Bonchev–Trinajstić information content (AvgIpc) is 3.23. The van der Waals surface area contributed by atoms with Crippen LogP contribution in [-0.2, 0) is 9.59 Å². The van der Waals surface area contributed by atoms with Crippen LogP contribution in [0.3, 0.4) is 0 Å². The number of carbonyl (C=O) groups is 2. The number of carboxylic acids is 2. The third-order valence-electron chi connectivity index (χ3n) is 13.0. The van der Waals surface area contributed by atoms with Gasteiger partial charge in [0.25, 0.3) is 0 Å². The molecule has 0 rings (SSSR count). The van der Waals surface area contributed by atoms with Crippen molar-refractivity contribution in [2.24, 2.45) is 0 Å². The molecule has 61 heavy (non-hydrogen) atoms. The van der Waals surface area contributed by atoms with Gasteiger partial charge in [0.15, 0.2) is 0 Å². The molecule has 4 nitrogen and oxygen atoms in total. The second-order valence-electron chi connectivity index (χ2n) is 19.2. The van der Waals surface area contributed by atoms with Crippen molar-refractivity contribution in [3.63, 3.8) is 0 Å². The molecular weight excluding hydrogens is 761 g/mol. The molecule has 0 heterocycles. The molecule has 0 spiro atoms. The summed E-state index contributed by atoms with van der Waals surface area (Å²) >= 11 is 0. The monoisotopic (exact) mass is 871 g/mol. The molecule has 0 saturated carbocycles. The van der Waals surface area contributed by atoms with Gasteiger partial charge in [0.2, 0.25) is 0 Å². The second kappa shape index (κ2) is 61.8. The zero-order valence-corrected chi connectivity index (χ0v) is 43.5. The van der Waals surface area contributed by atoms with Crippen molar-refractivity contribution in [2.45, 2.75) is 348 Å². The first kappa shape index (κ1) is 65.0. The van der Waals surface area contributed by atoms with Crippen molar-refractivity contribution in [3.8, 4) is 0 Å². The normalized spacial score (nSPS) is 11.0. The summed E-state index contributed by atoms with van der Waals surface area (Å²) in [6.45, 7) is 4.59. The van der Waals surface area contributed by atoms with E-state index in [1.807, 2.05) is 0 Å². The second-order valence-corrected chi connectivity index (χ2v) is 19.2. The fraction of sp³-hybridized carbons (Fsp3) is 0.964.